The number of amides is 2. The Morgan fingerprint density at radius 3 is 2.31 bits per heavy atom. The van der Waals surface area contributed by atoms with Gasteiger partial charge in [-0.05, 0) is 56.4 Å². The smallest absolute Gasteiger partial charge is 0.446 e. The number of rotatable bonds is 3. The van der Waals surface area contributed by atoms with E-state index in [1.807, 2.05) is 0 Å². The Morgan fingerprint density at radius 1 is 1.15 bits per heavy atom. The molecule has 9 heteroatoms. The molecule has 2 fully saturated rings. The summed E-state index contributed by atoms with van der Waals surface area (Å²) in [5.41, 5.74) is 5.06. The van der Waals surface area contributed by atoms with Crippen LogP contribution in [0.2, 0.25) is 0 Å². The molecular formula is C17H19F3N2O4. The van der Waals surface area contributed by atoms with Crippen molar-refractivity contribution in [2.24, 2.45) is 11.1 Å². The Kier molecular flexibility index (Phi) is 4.72. The number of nitrogens with zero attached hydrogens (tertiary/aromatic N) is 1. The summed E-state index contributed by atoms with van der Waals surface area (Å²) in [7, 11) is 0. The number of primary amides is 1. The van der Waals surface area contributed by atoms with E-state index in [-0.39, 0.29) is 17.8 Å². The van der Waals surface area contributed by atoms with Gasteiger partial charge in [-0.15, -0.1) is 13.2 Å². The van der Waals surface area contributed by atoms with Crippen LogP contribution in [-0.4, -0.2) is 31.0 Å². The van der Waals surface area contributed by atoms with Crippen LogP contribution < -0.4 is 15.4 Å². The first-order chi connectivity index (χ1) is 12.2. The molecule has 1 aliphatic heterocycles. The topological polar surface area (TPSA) is 81.9 Å². The van der Waals surface area contributed by atoms with Gasteiger partial charge in [-0.3, -0.25) is 4.79 Å². The molecule has 2 aliphatic rings. The number of benzene rings is 1. The van der Waals surface area contributed by atoms with Crippen molar-refractivity contribution < 1.29 is 32.2 Å². The Hall–Kier alpha value is -2.45. The molecule has 0 aromatic heterocycles. The van der Waals surface area contributed by atoms with Gasteiger partial charge in [-0.1, -0.05) is 0 Å². The summed E-state index contributed by atoms with van der Waals surface area (Å²) in [6.07, 6.45) is -2.84. The Bertz CT molecular complexity index is 682. The minimum atomic E-state index is -4.75. The highest BCUT2D eigenvalue weighted by Gasteiger charge is 2.49. The van der Waals surface area contributed by atoms with Crippen LogP contribution in [0.15, 0.2) is 24.3 Å². The standard InChI is InChI=1S/C17H19F3N2O4/c18-17(19,20)26-13-3-1-11(2-4-13)22-10-9-16(14(22)23)7-5-12(6-8-16)25-15(21)24/h1-4,12H,5-10H2,(H2,21,24)/t12-,16+. The molecule has 0 atom stereocenters. The molecule has 2 amide bonds. The lowest BCUT2D eigenvalue weighted by atomic mass is 9.72. The third-order valence-corrected chi connectivity index (χ3v) is 5.07. The van der Waals surface area contributed by atoms with Gasteiger partial charge < -0.3 is 20.1 Å². The molecule has 142 valence electrons. The van der Waals surface area contributed by atoms with Gasteiger partial charge in [0.1, 0.15) is 11.9 Å². The maximum absolute atomic E-state index is 12.9. The molecule has 3 rings (SSSR count). The summed E-state index contributed by atoms with van der Waals surface area (Å²) in [6, 6.07) is 5.27. The zero-order valence-corrected chi connectivity index (χ0v) is 13.9. The number of halogens is 3. The molecular weight excluding hydrogens is 353 g/mol. The lowest BCUT2D eigenvalue weighted by Crippen LogP contribution is -2.39. The van der Waals surface area contributed by atoms with Crippen LogP contribution in [0, 0.1) is 5.41 Å². The molecule has 2 N–H and O–H groups in total. The van der Waals surface area contributed by atoms with Gasteiger partial charge >= 0.3 is 12.5 Å². The van der Waals surface area contributed by atoms with Crippen molar-refractivity contribution >= 4 is 17.7 Å². The van der Waals surface area contributed by atoms with Crippen molar-refractivity contribution in [2.75, 3.05) is 11.4 Å². The van der Waals surface area contributed by atoms with Crippen molar-refractivity contribution in [2.45, 2.75) is 44.6 Å². The summed E-state index contributed by atoms with van der Waals surface area (Å²) in [6.45, 7) is 0.500. The third kappa shape index (κ3) is 3.86. The predicted octanol–water partition coefficient (Wildman–Crippen LogP) is 3.35. The van der Waals surface area contributed by atoms with Gasteiger partial charge in [0.25, 0.3) is 0 Å². The first-order valence-corrected chi connectivity index (χ1v) is 8.32. The Morgan fingerprint density at radius 2 is 1.77 bits per heavy atom. The monoisotopic (exact) mass is 372 g/mol. The van der Waals surface area contributed by atoms with Crippen molar-refractivity contribution in [3.8, 4) is 5.75 Å². The van der Waals surface area contributed by atoms with Crippen molar-refractivity contribution in [1.29, 1.82) is 0 Å². The third-order valence-electron chi connectivity index (χ3n) is 5.07. The number of alkyl halides is 3. The van der Waals surface area contributed by atoms with Crippen LogP contribution in [0.4, 0.5) is 23.7 Å². The van der Waals surface area contributed by atoms with Crippen molar-refractivity contribution in [1.82, 2.24) is 0 Å². The van der Waals surface area contributed by atoms with E-state index in [1.165, 1.54) is 24.3 Å². The van der Waals surface area contributed by atoms with E-state index in [0.29, 0.717) is 44.3 Å². The second-order valence-electron chi connectivity index (χ2n) is 6.67. The van der Waals surface area contributed by atoms with Gasteiger partial charge in [0.15, 0.2) is 0 Å². The molecule has 0 radical (unpaired) electrons. The van der Waals surface area contributed by atoms with Crippen LogP contribution in [0.25, 0.3) is 0 Å². The fraction of sp³-hybridized carbons (Fsp3) is 0.529. The van der Waals surface area contributed by atoms with Gasteiger partial charge in [-0.25, -0.2) is 4.79 Å². The van der Waals surface area contributed by atoms with E-state index in [9.17, 15) is 22.8 Å². The van der Waals surface area contributed by atoms with Crippen molar-refractivity contribution in [3.63, 3.8) is 0 Å². The molecule has 1 saturated carbocycles. The second-order valence-corrected chi connectivity index (χ2v) is 6.67. The average molecular weight is 372 g/mol. The second kappa shape index (κ2) is 6.69. The number of ether oxygens (including phenoxy) is 2. The van der Waals surface area contributed by atoms with Crippen LogP contribution in [0.3, 0.4) is 0 Å². The number of carbonyl (C=O) groups excluding carboxylic acids is 2. The lowest BCUT2D eigenvalue weighted by molar-refractivity contribution is -0.274. The van der Waals surface area contributed by atoms with Crippen molar-refractivity contribution in [3.05, 3.63) is 24.3 Å². The molecule has 1 spiro atoms. The number of nitrogens with two attached hydrogens (primary N) is 1. The van der Waals surface area contributed by atoms with Gasteiger partial charge in [0, 0.05) is 12.2 Å². The lowest BCUT2D eigenvalue weighted by Gasteiger charge is -2.35. The molecule has 1 saturated heterocycles. The molecule has 1 aromatic carbocycles. The molecule has 1 heterocycles. The number of hydrogen-bond donors (Lipinski definition) is 1. The average Bonchev–Trinajstić information content (AvgIpc) is 2.86. The van der Waals surface area contributed by atoms with Gasteiger partial charge in [-0.2, -0.15) is 0 Å². The quantitative estimate of drug-likeness (QED) is 0.882. The van der Waals surface area contributed by atoms with Crippen LogP contribution in [0.5, 0.6) is 5.75 Å². The largest absolute Gasteiger partial charge is 0.573 e. The zero-order chi connectivity index (χ0) is 18.9. The highest BCUT2D eigenvalue weighted by molar-refractivity contribution is 6.00. The first kappa shape index (κ1) is 18.3. The first-order valence-electron chi connectivity index (χ1n) is 8.32. The molecule has 1 aliphatic carbocycles. The maximum Gasteiger partial charge on any atom is 0.573 e. The van der Waals surface area contributed by atoms with E-state index >= 15 is 0 Å². The van der Waals surface area contributed by atoms with E-state index in [0.717, 1.165) is 0 Å². The summed E-state index contributed by atoms with van der Waals surface area (Å²) in [4.78, 5) is 25.3. The number of hydrogen-bond acceptors (Lipinski definition) is 4. The summed E-state index contributed by atoms with van der Waals surface area (Å²) >= 11 is 0. The molecule has 6 nitrogen and oxygen atoms in total. The van der Waals surface area contributed by atoms with Crippen LogP contribution in [-0.2, 0) is 9.53 Å². The minimum Gasteiger partial charge on any atom is -0.446 e. The molecule has 1 aromatic rings. The highest BCUT2D eigenvalue weighted by Crippen LogP contribution is 2.46. The van der Waals surface area contributed by atoms with Crippen LogP contribution in [0.1, 0.15) is 32.1 Å². The summed E-state index contributed by atoms with van der Waals surface area (Å²) in [5, 5.41) is 0. The van der Waals surface area contributed by atoms with Crippen LogP contribution >= 0.6 is 0 Å². The van der Waals surface area contributed by atoms with Gasteiger partial charge in [0.05, 0.1) is 5.41 Å². The SMILES string of the molecule is NC(=O)O[C@H]1CC[C@]2(CCN(c3ccc(OC(F)(F)F)cc3)C2=O)CC1. The predicted molar refractivity (Wildman–Crippen MR) is 85.5 cm³/mol. The number of carbonyl (C=O) groups is 2. The van der Waals surface area contributed by atoms with E-state index in [2.05, 4.69) is 4.74 Å². The highest BCUT2D eigenvalue weighted by atomic mass is 19.4. The van der Waals surface area contributed by atoms with E-state index in [1.54, 1.807) is 4.90 Å². The molecule has 0 bridgehead atoms. The maximum atomic E-state index is 12.9. The Balaban J connectivity index is 1.65. The summed E-state index contributed by atoms with van der Waals surface area (Å²) in [5.74, 6) is -0.369. The van der Waals surface area contributed by atoms with Gasteiger partial charge in [0.2, 0.25) is 5.91 Å². The number of anilines is 1. The Labute approximate surface area is 148 Å². The zero-order valence-electron chi connectivity index (χ0n) is 13.9. The van der Waals surface area contributed by atoms with E-state index < -0.39 is 17.9 Å². The fourth-order valence-corrected chi connectivity index (χ4v) is 3.78. The molecule has 26 heavy (non-hydrogen) atoms. The van der Waals surface area contributed by atoms with E-state index in [4.69, 9.17) is 10.5 Å². The fourth-order valence-electron chi connectivity index (χ4n) is 3.78. The normalized spacial score (nSPS) is 26.2. The minimum absolute atomic E-state index is 0.0421. The summed E-state index contributed by atoms with van der Waals surface area (Å²) < 4.78 is 45.5. The molecule has 0 unspecified atom stereocenters.